The highest BCUT2D eigenvalue weighted by atomic mass is 16.2. The van der Waals surface area contributed by atoms with Gasteiger partial charge in [0.25, 0.3) is 11.8 Å². The summed E-state index contributed by atoms with van der Waals surface area (Å²) in [5.74, 6) is -0.360. The fourth-order valence-electron chi connectivity index (χ4n) is 3.23. The number of nitrogens with zero attached hydrogens (tertiary/aromatic N) is 2. The molecule has 0 aromatic heterocycles. The molecule has 1 saturated heterocycles. The van der Waals surface area contributed by atoms with Crippen LogP contribution in [0.2, 0.25) is 0 Å². The molecule has 2 aromatic rings. The van der Waals surface area contributed by atoms with E-state index in [1.807, 2.05) is 4.90 Å². The lowest BCUT2D eigenvalue weighted by molar-refractivity contribution is 0.0643. The van der Waals surface area contributed by atoms with Crippen LogP contribution in [0.15, 0.2) is 48.5 Å². The monoisotopic (exact) mass is 379 g/mol. The Morgan fingerprint density at radius 2 is 1.54 bits per heavy atom. The maximum Gasteiger partial charge on any atom is 0.255 e. The molecule has 1 N–H and O–H groups in total. The van der Waals surface area contributed by atoms with Crippen LogP contribution in [-0.4, -0.2) is 60.1 Å². The summed E-state index contributed by atoms with van der Waals surface area (Å²) in [5, 5.41) is 2.80. The molecule has 0 unspecified atom stereocenters. The summed E-state index contributed by atoms with van der Waals surface area (Å²) in [7, 11) is 0. The van der Waals surface area contributed by atoms with Gasteiger partial charge in [-0.2, -0.15) is 0 Å². The van der Waals surface area contributed by atoms with E-state index in [0.29, 0.717) is 35.5 Å². The van der Waals surface area contributed by atoms with E-state index in [2.05, 4.69) is 17.1 Å². The number of hydrogen-bond acceptors (Lipinski definition) is 4. The highest BCUT2D eigenvalue weighted by Gasteiger charge is 2.22. The summed E-state index contributed by atoms with van der Waals surface area (Å²) in [6.07, 6.45) is 0. The average molecular weight is 379 g/mol. The number of hydrogen-bond donors (Lipinski definition) is 1. The van der Waals surface area contributed by atoms with Gasteiger partial charge in [-0.15, -0.1) is 0 Å². The summed E-state index contributed by atoms with van der Waals surface area (Å²) in [4.78, 5) is 40.8. The fourth-order valence-corrected chi connectivity index (χ4v) is 3.23. The lowest BCUT2D eigenvalue weighted by Gasteiger charge is -2.34. The predicted molar refractivity (Wildman–Crippen MR) is 109 cm³/mol. The van der Waals surface area contributed by atoms with Gasteiger partial charge in [0.15, 0.2) is 5.78 Å². The minimum absolute atomic E-state index is 0.0242. The van der Waals surface area contributed by atoms with Crippen LogP contribution in [0.3, 0.4) is 0 Å². The van der Waals surface area contributed by atoms with Crippen LogP contribution in [0.1, 0.15) is 44.9 Å². The number of carbonyl (C=O) groups is 3. The maximum atomic E-state index is 12.8. The first-order valence-electron chi connectivity index (χ1n) is 9.52. The van der Waals surface area contributed by atoms with E-state index in [-0.39, 0.29) is 17.6 Å². The summed E-state index contributed by atoms with van der Waals surface area (Å²) < 4.78 is 0. The number of piperazine rings is 1. The lowest BCUT2D eigenvalue weighted by atomic mass is 10.1. The normalized spacial score (nSPS) is 14.6. The maximum absolute atomic E-state index is 12.8. The van der Waals surface area contributed by atoms with E-state index in [9.17, 15) is 14.4 Å². The van der Waals surface area contributed by atoms with Crippen molar-refractivity contribution in [3.63, 3.8) is 0 Å². The summed E-state index contributed by atoms with van der Waals surface area (Å²) in [6, 6.07) is 13.5. The molecule has 0 bridgehead atoms. The molecule has 0 atom stereocenters. The van der Waals surface area contributed by atoms with Crippen molar-refractivity contribution in [3.8, 4) is 0 Å². The van der Waals surface area contributed by atoms with Crippen LogP contribution < -0.4 is 5.32 Å². The van der Waals surface area contributed by atoms with Gasteiger partial charge < -0.3 is 15.1 Å². The molecule has 0 saturated carbocycles. The van der Waals surface area contributed by atoms with Crippen LogP contribution in [0.5, 0.6) is 0 Å². The Kier molecular flexibility index (Phi) is 6.21. The smallest absolute Gasteiger partial charge is 0.255 e. The number of carbonyl (C=O) groups excluding carboxylic acids is 3. The zero-order valence-electron chi connectivity index (χ0n) is 16.3. The minimum atomic E-state index is -0.291. The molecular formula is C22H25N3O3. The predicted octanol–water partition coefficient (Wildman–Crippen LogP) is 2.92. The quantitative estimate of drug-likeness (QED) is 0.811. The molecule has 0 radical (unpaired) electrons. The second-order valence-electron chi connectivity index (χ2n) is 6.89. The molecule has 1 fully saturated rings. The summed E-state index contributed by atoms with van der Waals surface area (Å²) in [5.41, 5.74) is 2.13. The van der Waals surface area contributed by atoms with Crippen molar-refractivity contribution in [1.29, 1.82) is 0 Å². The number of rotatable bonds is 5. The zero-order valence-corrected chi connectivity index (χ0v) is 16.3. The Morgan fingerprint density at radius 1 is 0.893 bits per heavy atom. The number of Topliss-reactive ketones (excluding diaryl/α,β-unsaturated/α-hetero) is 1. The second-order valence-corrected chi connectivity index (χ2v) is 6.89. The van der Waals surface area contributed by atoms with Crippen LogP contribution in [0.4, 0.5) is 5.69 Å². The van der Waals surface area contributed by atoms with Crippen LogP contribution in [0.25, 0.3) is 0 Å². The number of ketones is 1. The van der Waals surface area contributed by atoms with Gasteiger partial charge in [0.05, 0.1) is 0 Å². The van der Waals surface area contributed by atoms with Gasteiger partial charge >= 0.3 is 0 Å². The molecule has 146 valence electrons. The van der Waals surface area contributed by atoms with Crippen molar-refractivity contribution in [3.05, 3.63) is 65.2 Å². The molecule has 6 nitrogen and oxygen atoms in total. The van der Waals surface area contributed by atoms with Gasteiger partial charge in [-0.05, 0) is 55.9 Å². The first-order chi connectivity index (χ1) is 13.5. The molecule has 0 aliphatic carbocycles. The molecule has 1 aliphatic rings. The van der Waals surface area contributed by atoms with Gasteiger partial charge in [0, 0.05) is 48.6 Å². The zero-order chi connectivity index (χ0) is 20.1. The van der Waals surface area contributed by atoms with Crippen molar-refractivity contribution < 1.29 is 14.4 Å². The SMILES string of the molecule is CCN1CCN(C(=O)c2cccc(C(=O)Nc3ccc(C(C)=O)cc3)c2)CC1. The van der Waals surface area contributed by atoms with Gasteiger partial charge in [0.2, 0.25) is 0 Å². The molecule has 1 heterocycles. The van der Waals surface area contributed by atoms with E-state index in [1.54, 1.807) is 48.5 Å². The summed E-state index contributed by atoms with van der Waals surface area (Å²) in [6.45, 7) is 7.76. The largest absolute Gasteiger partial charge is 0.336 e. The van der Waals surface area contributed by atoms with Crippen molar-refractivity contribution >= 4 is 23.3 Å². The highest BCUT2D eigenvalue weighted by Crippen LogP contribution is 2.15. The van der Waals surface area contributed by atoms with Crippen molar-refractivity contribution in [2.24, 2.45) is 0 Å². The van der Waals surface area contributed by atoms with Crippen molar-refractivity contribution in [2.75, 3.05) is 38.0 Å². The van der Waals surface area contributed by atoms with Gasteiger partial charge in [-0.1, -0.05) is 13.0 Å². The fraction of sp³-hybridized carbons (Fsp3) is 0.318. The van der Waals surface area contributed by atoms with Gasteiger partial charge in [-0.25, -0.2) is 0 Å². The second kappa shape index (κ2) is 8.80. The van der Waals surface area contributed by atoms with Crippen LogP contribution >= 0.6 is 0 Å². The Hall–Kier alpha value is -2.99. The standard InChI is InChI=1S/C22H25N3O3/c1-3-24-11-13-25(14-12-24)22(28)19-6-4-5-18(15-19)21(27)23-20-9-7-17(8-10-20)16(2)26/h4-10,15H,3,11-14H2,1-2H3,(H,23,27). The van der Waals surface area contributed by atoms with E-state index < -0.39 is 0 Å². The Bertz CT molecular complexity index is 869. The average Bonchev–Trinajstić information content (AvgIpc) is 2.73. The number of nitrogens with one attached hydrogen (secondary N) is 1. The van der Waals surface area contributed by atoms with E-state index in [0.717, 1.165) is 19.6 Å². The Morgan fingerprint density at radius 3 is 2.14 bits per heavy atom. The lowest BCUT2D eigenvalue weighted by Crippen LogP contribution is -2.48. The molecular weight excluding hydrogens is 354 g/mol. The third-order valence-corrected chi connectivity index (χ3v) is 5.03. The van der Waals surface area contributed by atoms with Crippen molar-refractivity contribution in [1.82, 2.24) is 9.80 Å². The Labute approximate surface area is 165 Å². The van der Waals surface area contributed by atoms with Gasteiger partial charge in [0.1, 0.15) is 0 Å². The summed E-state index contributed by atoms with van der Waals surface area (Å²) >= 11 is 0. The topological polar surface area (TPSA) is 69.7 Å². The first-order valence-corrected chi connectivity index (χ1v) is 9.52. The van der Waals surface area contributed by atoms with E-state index in [1.165, 1.54) is 6.92 Å². The molecule has 3 rings (SSSR count). The minimum Gasteiger partial charge on any atom is -0.336 e. The molecule has 6 heteroatoms. The number of amides is 2. The molecule has 2 aromatic carbocycles. The molecule has 28 heavy (non-hydrogen) atoms. The highest BCUT2D eigenvalue weighted by molar-refractivity contribution is 6.06. The molecule has 0 spiro atoms. The number of likely N-dealkylation sites (N-methyl/N-ethyl adjacent to an activating group) is 1. The van der Waals surface area contributed by atoms with E-state index >= 15 is 0 Å². The van der Waals surface area contributed by atoms with Gasteiger partial charge in [-0.3, -0.25) is 14.4 Å². The Balaban J connectivity index is 1.67. The first kappa shape index (κ1) is 19.8. The number of benzene rings is 2. The van der Waals surface area contributed by atoms with Crippen LogP contribution in [-0.2, 0) is 0 Å². The molecule has 1 aliphatic heterocycles. The van der Waals surface area contributed by atoms with E-state index in [4.69, 9.17) is 0 Å². The third kappa shape index (κ3) is 4.64. The third-order valence-electron chi connectivity index (χ3n) is 5.03. The van der Waals surface area contributed by atoms with Crippen molar-refractivity contribution in [2.45, 2.75) is 13.8 Å². The number of anilines is 1. The van der Waals surface area contributed by atoms with Crippen LogP contribution in [0, 0.1) is 0 Å². The molecule has 2 amide bonds.